The van der Waals surface area contributed by atoms with Crippen molar-refractivity contribution in [1.29, 1.82) is 0 Å². The molecule has 1 atom stereocenters. The standard InChI is InChI=1S/C20H27FN4O2/c1-15(25-11-9-24(2)10-12-25)7-8-20(26)22-14-16-13-19(23-27-16)17-5-3-4-6-18(17)21/h3-6,13,15H,7-12,14H2,1-2H3,(H,22,26)/t15-/m1/s1. The summed E-state index contributed by atoms with van der Waals surface area (Å²) >= 11 is 0. The molecule has 1 aromatic heterocycles. The van der Waals surface area contributed by atoms with E-state index in [1.165, 1.54) is 6.07 Å². The third-order valence-electron chi connectivity index (χ3n) is 5.12. The lowest BCUT2D eigenvalue weighted by Crippen LogP contribution is -2.48. The Labute approximate surface area is 159 Å². The summed E-state index contributed by atoms with van der Waals surface area (Å²) in [4.78, 5) is 16.9. The molecule has 27 heavy (non-hydrogen) atoms. The normalized spacial score (nSPS) is 17.0. The number of aromatic nitrogens is 1. The van der Waals surface area contributed by atoms with Gasteiger partial charge in [-0.15, -0.1) is 0 Å². The van der Waals surface area contributed by atoms with Gasteiger partial charge in [0.2, 0.25) is 5.91 Å². The van der Waals surface area contributed by atoms with E-state index in [-0.39, 0.29) is 18.3 Å². The summed E-state index contributed by atoms with van der Waals surface area (Å²) in [7, 11) is 2.14. The van der Waals surface area contributed by atoms with Gasteiger partial charge in [0.1, 0.15) is 11.5 Å². The first-order chi connectivity index (χ1) is 13.0. The van der Waals surface area contributed by atoms with Gasteiger partial charge >= 0.3 is 0 Å². The Kier molecular flexibility index (Phi) is 6.58. The lowest BCUT2D eigenvalue weighted by molar-refractivity contribution is -0.121. The van der Waals surface area contributed by atoms with Crippen LogP contribution >= 0.6 is 0 Å². The molecule has 3 rings (SSSR count). The second-order valence-corrected chi connectivity index (χ2v) is 7.16. The zero-order valence-corrected chi connectivity index (χ0v) is 15.9. The number of piperazine rings is 1. The minimum absolute atomic E-state index is 0.0141. The van der Waals surface area contributed by atoms with Gasteiger partial charge in [0.05, 0.1) is 6.54 Å². The number of hydrogen-bond acceptors (Lipinski definition) is 5. The fourth-order valence-corrected chi connectivity index (χ4v) is 3.25. The number of benzene rings is 1. The van der Waals surface area contributed by atoms with Gasteiger partial charge in [0.15, 0.2) is 5.76 Å². The molecule has 2 aromatic rings. The Hall–Kier alpha value is -2.25. The minimum atomic E-state index is -0.348. The number of nitrogens with one attached hydrogen (secondary N) is 1. The zero-order valence-electron chi connectivity index (χ0n) is 15.9. The molecule has 1 aliphatic rings. The van der Waals surface area contributed by atoms with Crippen LogP contribution in [-0.4, -0.2) is 60.1 Å². The second-order valence-electron chi connectivity index (χ2n) is 7.16. The van der Waals surface area contributed by atoms with Crippen LogP contribution in [0.25, 0.3) is 11.3 Å². The molecular formula is C20H27FN4O2. The number of carbonyl (C=O) groups is 1. The van der Waals surface area contributed by atoms with Gasteiger partial charge in [0.25, 0.3) is 0 Å². The Morgan fingerprint density at radius 2 is 2.04 bits per heavy atom. The van der Waals surface area contributed by atoms with E-state index < -0.39 is 0 Å². The minimum Gasteiger partial charge on any atom is -0.359 e. The van der Waals surface area contributed by atoms with Crippen LogP contribution in [0.2, 0.25) is 0 Å². The molecule has 0 saturated carbocycles. The highest BCUT2D eigenvalue weighted by Gasteiger charge is 2.19. The van der Waals surface area contributed by atoms with Gasteiger partial charge in [-0.25, -0.2) is 4.39 Å². The zero-order chi connectivity index (χ0) is 19.2. The molecule has 2 heterocycles. The highest BCUT2D eigenvalue weighted by Crippen LogP contribution is 2.22. The fraction of sp³-hybridized carbons (Fsp3) is 0.500. The molecule has 1 fully saturated rings. The summed E-state index contributed by atoms with van der Waals surface area (Å²) in [6.07, 6.45) is 1.30. The maximum absolute atomic E-state index is 13.8. The molecule has 1 N–H and O–H groups in total. The van der Waals surface area contributed by atoms with Crippen LogP contribution in [-0.2, 0) is 11.3 Å². The van der Waals surface area contributed by atoms with Gasteiger partial charge in [-0.2, -0.15) is 0 Å². The third-order valence-corrected chi connectivity index (χ3v) is 5.12. The van der Waals surface area contributed by atoms with Crippen molar-refractivity contribution in [2.75, 3.05) is 33.2 Å². The van der Waals surface area contributed by atoms with Gasteiger partial charge in [-0.3, -0.25) is 9.69 Å². The monoisotopic (exact) mass is 374 g/mol. The van der Waals surface area contributed by atoms with Crippen LogP contribution in [0.15, 0.2) is 34.9 Å². The molecule has 146 valence electrons. The molecule has 0 bridgehead atoms. The van der Waals surface area contributed by atoms with Gasteiger partial charge in [-0.05, 0) is 32.5 Å². The summed E-state index contributed by atoms with van der Waals surface area (Å²) in [5.74, 6) is 0.146. The quantitative estimate of drug-likeness (QED) is 0.807. The van der Waals surface area contributed by atoms with E-state index in [1.54, 1.807) is 24.3 Å². The van der Waals surface area contributed by atoms with Gasteiger partial charge in [-0.1, -0.05) is 17.3 Å². The van der Waals surface area contributed by atoms with Crippen molar-refractivity contribution in [2.24, 2.45) is 0 Å². The number of hydrogen-bond donors (Lipinski definition) is 1. The Morgan fingerprint density at radius 1 is 1.30 bits per heavy atom. The largest absolute Gasteiger partial charge is 0.359 e. The number of rotatable bonds is 7. The lowest BCUT2D eigenvalue weighted by Gasteiger charge is -2.36. The first-order valence-corrected chi connectivity index (χ1v) is 9.42. The predicted octanol–water partition coefficient (Wildman–Crippen LogP) is 2.51. The fourth-order valence-electron chi connectivity index (χ4n) is 3.25. The van der Waals surface area contributed by atoms with Crippen LogP contribution < -0.4 is 5.32 Å². The summed E-state index contributed by atoms with van der Waals surface area (Å²) < 4.78 is 19.0. The van der Waals surface area contributed by atoms with Crippen LogP contribution in [0.5, 0.6) is 0 Å². The SMILES string of the molecule is C[C@H](CCC(=O)NCc1cc(-c2ccccc2F)no1)N1CCN(C)CC1. The topological polar surface area (TPSA) is 61.6 Å². The summed E-state index contributed by atoms with van der Waals surface area (Å²) in [6, 6.07) is 8.45. The highest BCUT2D eigenvalue weighted by molar-refractivity contribution is 5.75. The van der Waals surface area contributed by atoms with Gasteiger partial charge < -0.3 is 14.7 Å². The number of likely N-dealkylation sites (N-methyl/N-ethyl adjacent to an activating group) is 1. The van der Waals surface area contributed by atoms with E-state index in [0.29, 0.717) is 29.5 Å². The van der Waals surface area contributed by atoms with Gasteiger partial charge in [0, 0.05) is 50.3 Å². The molecule has 7 heteroatoms. The van der Waals surface area contributed by atoms with Crippen molar-refractivity contribution in [2.45, 2.75) is 32.4 Å². The Bertz CT molecular complexity index is 756. The molecular weight excluding hydrogens is 347 g/mol. The molecule has 1 saturated heterocycles. The van der Waals surface area contributed by atoms with Crippen molar-refractivity contribution >= 4 is 5.91 Å². The lowest BCUT2D eigenvalue weighted by atomic mass is 10.1. The van der Waals surface area contributed by atoms with E-state index in [1.807, 2.05) is 0 Å². The van der Waals surface area contributed by atoms with Crippen LogP contribution in [0, 0.1) is 5.82 Å². The molecule has 6 nitrogen and oxygen atoms in total. The van der Waals surface area contributed by atoms with Crippen molar-refractivity contribution < 1.29 is 13.7 Å². The van der Waals surface area contributed by atoms with Crippen LogP contribution in [0.3, 0.4) is 0 Å². The average molecular weight is 374 g/mol. The molecule has 1 aliphatic heterocycles. The number of halogens is 1. The smallest absolute Gasteiger partial charge is 0.220 e. The second kappa shape index (κ2) is 9.10. The first kappa shape index (κ1) is 19.5. The maximum Gasteiger partial charge on any atom is 0.220 e. The Balaban J connectivity index is 1.42. The average Bonchev–Trinajstić information content (AvgIpc) is 3.14. The van der Waals surface area contributed by atoms with Crippen molar-refractivity contribution in [3.05, 3.63) is 41.9 Å². The number of amides is 1. The van der Waals surface area contributed by atoms with E-state index in [2.05, 4.69) is 34.2 Å². The van der Waals surface area contributed by atoms with E-state index in [9.17, 15) is 9.18 Å². The van der Waals surface area contributed by atoms with Crippen molar-refractivity contribution in [1.82, 2.24) is 20.3 Å². The summed E-state index contributed by atoms with van der Waals surface area (Å²) in [6.45, 7) is 6.68. The molecule has 1 aromatic carbocycles. The summed E-state index contributed by atoms with van der Waals surface area (Å²) in [5, 5.41) is 6.74. The molecule has 0 unspecified atom stereocenters. The predicted molar refractivity (Wildman–Crippen MR) is 102 cm³/mol. The first-order valence-electron chi connectivity index (χ1n) is 9.42. The number of carbonyl (C=O) groups excluding carboxylic acids is 1. The summed E-state index contributed by atoms with van der Waals surface area (Å²) in [5.41, 5.74) is 0.820. The van der Waals surface area contributed by atoms with Crippen LogP contribution in [0.1, 0.15) is 25.5 Å². The van der Waals surface area contributed by atoms with E-state index in [4.69, 9.17) is 4.52 Å². The molecule has 0 radical (unpaired) electrons. The highest BCUT2D eigenvalue weighted by atomic mass is 19.1. The van der Waals surface area contributed by atoms with Crippen molar-refractivity contribution in [3.8, 4) is 11.3 Å². The third kappa shape index (κ3) is 5.37. The van der Waals surface area contributed by atoms with Crippen molar-refractivity contribution in [3.63, 3.8) is 0 Å². The molecule has 0 aliphatic carbocycles. The maximum atomic E-state index is 13.8. The molecule has 0 spiro atoms. The molecule has 1 amide bonds. The Morgan fingerprint density at radius 3 is 2.78 bits per heavy atom. The van der Waals surface area contributed by atoms with E-state index >= 15 is 0 Å². The van der Waals surface area contributed by atoms with Crippen LogP contribution in [0.4, 0.5) is 4.39 Å². The van der Waals surface area contributed by atoms with E-state index in [0.717, 1.165) is 32.6 Å². The number of nitrogens with zero attached hydrogens (tertiary/aromatic N) is 3.